The van der Waals surface area contributed by atoms with Crippen molar-refractivity contribution in [2.45, 2.75) is 6.92 Å². The van der Waals surface area contributed by atoms with Gasteiger partial charge in [0.15, 0.2) is 17.5 Å². The van der Waals surface area contributed by atoms with E-state index in [1.165, 1.54) is 0 Å². The van der Waals surface area contributed by atoms with Crippen molar-refractivity contribution in [2.75, 3.05) is 10.6 Å². The van der Waals surface area contributed by atoms with Crippen LogP contribution in [0.3, 0.4) is 0 Å². The monoisotopic (exact) mass is 295 g/mol. The highest BCUT2D eigenvalue weighted by Gasteiger charge is 2.07. The molecule has 0 spiro atoms. The van der Waals surface area contributed by atoms with Crippen LogP contribution in [-0.2, 0) is 0 Å². The molecule has 0 fully saturated rings. The fraction of sp³-hybridized carbons (Fsp3) is 0.0667. The zero-order valence-corrected chi connectivity index (χ0v) is 11.8. The predicted molar refractivity (Wildman–Crippen MR) is 80.9 cm³/mol. The molecule has 0 saturated carbocycles. The van der Waals surface area contributed by atoms with Gasteiger partial charge in [0, 0.05) is 11.6 Å². The van der Waals surface area contributed by atoms with Crippen molar-refractivity contribution in [3.63, 3.8) is 0 Å². The minimum Gasteiger partial charge on any atom is -0.360 e. The number of hydrogen-bond acceptors (Lipinski definition) is 6. The first-order valence-corrected chi connectivity index (χ1v) is 6.61. The molecule has 0 bridgehead atoms. The maximum atomic E-state index is 12.0. The van der Waals surface area contributed by atoms with Gasteiger partial charge in [0.25, 0.3) is 5.91 Å². The molecule has 3 rings (SSSR count). The lowest BCUT2D eigenvalue weighted by Crippen LogP contribution is -2.13. The normalized spacial score (nSPS) is 10.2. The second-order valence-electron chi connectivity index (χ2n) is 4.57. The van der Waals surface area contributed by atoms with Crippen LogP contribution in [-0.4, -0.2) is 21.3 Å². The van der Waals surface area contributed by atoms with Crippen LogP contribution in [0.1, 0.15) is 16.1 Å². The number of hydrogen-bond donors (Lipinski definition) is 2. The molecule has 7 nitrogen and oxygen atoms in total. The zero-order chi connectivity index (χ0) is 15.4. The lowest BCUT2D eigenvalue weighted by Gasteiger charge is -2.05. The first-order chi connectivity index (χ1) is 10.7. The van der Waals surface area contributed by atoms with E-state index >= 15 is 0 Å². The van der Waals surface area contributed by atoms with E-state index in [1.54, 1.807) is 49.4 Å². The van der Waals surface area contributed by atoms with E-state index in [0.717, 1.165) is 0 Å². The number of rotatable bonds is 4. The molecule has 1 aromatic carbocycles. The molecule has 0 unspecified atom stereocenters. The molecule has 1 amide bonds. The summed E-state index contributed by atoms with van der Waals surface area (Å²) < 4.78 is 4.94. The molecule has 7 heteroatoms. The van der Waals surface area contributed by atoms with Gasteiger partial charge in [-0.25, -0.2) is 0 Å². The molecule has 0 aliphatic heterocycles. The molecule has 3 aromatic rings. The number of benzene rings is 1. The number of nitrogens with zero attached hydrogens (tertiary/aromatic N) is 3. The number of carbonyl (C=O) groups excluding carboxylic acids is 1. The van der Waals surface area contributed by atoms with Crippen LogP contribution < -0.4 is 10.6 Å². The molecule has 22 heavy (non-hydrogen) atoms. The number of nitrogens with one attached hydrogen (secondary N) is 2. The van der Waals surface area contributed by atoms with E-state index in [4.69, 9.17) is 4.52 Å². The summed E-state index contributed by atoms with van der Waals surface area (Å²) in [6.45, 7) is 1.80. The van der Waals surface area contributed by atoms with E-state index in [-0.39, 0.29) is 5.91 Å². The van der Waals surface area contributed by atoms with Crippen molar-refractivity contribution in [2.24, 2.45) is 0 Å². The largest absolute Gasteiger partial charge is 0.360 e. The highest BCUT2D eigenvalue weighted by atomic mass is 16.5. The summed E-state index contributed by atoms with van der Waals surface area (Å²) >= 11 is 0. The molecule has 0 saturated heterocycles. The predicted octanol–water partition coefficient (Wildman–Crippen LogP) is 2.77. The van der Waals surface area contributed by atoms with Crippen LogP contribution in [0.15, 0.2) is 53.1 Å². The van der Waals surface area contributed by atoms with Gasteiger partial charge in [0.1, 0.15) is 5.76 Å². The SMILES string of the molecule is Cc1cc(Nc2ccc(NC(=O)c3ccccc3)nn2)no1. The average Bonchev–Trinajstić information content (AvgIpc) is 2.95. The van der Waals surface area contributed by atoms with Gasteiger partial charge < -0.3 is 15.2 Å². The molecule has 2 heterocycles. The lowest BCUT2D eigenvalue weighted by atomic mass is 10.2. The van der Waals surface area contributed by atoms with Gasteiger partial charge in [0.05, 0.1) is 0 Å². The van der Waals surface area contributed by atoms with E-state index < -0.39 is 0 Å². The fourth-order valence-corrected chi connectivity index (χ4v) is 1.80. The number of aryl methyl sites for hydroxylation is 1. The van der Waals surface area contributed by atoms with E-state index in [2.05, 4.69) is 26.0 Å². The Balaban J connectivity index is 1.65. The van der Waals surface area contributed by atoms with Gasteiger partial charge in [0.2, 0.25) is 0 Å². The van der Waals surface area contributed by atoms with Gasteiger partial charge in [-0.05, 0) is 31.2 Å². The number of aromatic nitrogens is 3. The molecule has 0 aliphatic rings. The standard InChI is InChI=1S/C15H13N5O2/c1-10-9-14(20-22-10)16-12-7-8-13(19-18-12)17-15(21)11-5-3-2-4-6-11/h2-9H,1H3,(H,16,18,20)(H,17,19,21). The van der Waals surface area contributed by atoms with Crippen LogP contribution in [0.2, 0.25) is 0 Å². The van der Waals surface area contributed by atoms with Crippen molar-refractivity contribution in [1.82, 2.24) is 15.4 Å². The van der Waals surface area contributed by atoms with Gasteiger partial charge in [-0.2, -0.15) is 0 Å². The highest BCUT2D eigenvalue weighted by molar-refractivity contribution is 6.03. The van der Waals surface area contributed by atoms with E-state index in [9.17, 15) is 4.79 Å². The number of carbonyl (C=O) groups is 1. The highest BCUT2D eigenvalue weighted by Crippen LogP contribution is 2.14. The smallest absolute Gasteiger partial charge is 0.256 e. The maximum Gasteiger partial charge on any atom is 0.256 e. The Bertz CT molecular complexity index is 768. The fourth-order valence-electron chi connectivity index (χ4n) is 1.80. The molecule has 2 aromatic heterocycles. The minimum absolute atomic E-state index is 0.234. The van der Waals surface area contributed by atoms with E-state index in [0.29, 0.717) is 28.8 Å². The van der Waals surface area contributed by atoms with Gasteiger partial charge in [-0.3, -0.25) is 4.79 Å². The summed E-state index contributed by atoms with van der Waals surface area (Å²) in [5, 5.41) is 17.3. The summed E-state index contributed by atoms with van der Waals surface area (Å²) in [6.07, 6.45) is 0. The van der Waals surface area contributed by atoms with Gasteiger partial charge >= 0.3 is 0 Å². The Morgan fingerprint density at radius 3 is 2.36 bits per heavy atom. The quantitative estimate of drug-likeness (QED) is 0.768. The Hall–Kier alpha value is -3.22. The summed E-state index contributed by atoms with van der Waals surface area (Å²) in [5.74, 6) is 1.89. The van der Waals surface area contributed by atoms with Crippen LogP contribution in [0, 0.1) is 6.92 Å². The minimum atomic E-state index is -0.234. The van der Waals surface area contributed by atoms with Crippen molar-refractivity contribution in [3.05, 3.63) is 59.9 Å². The third-order valence-corrected chi connectivity index (χ3v) is 2.83. The third-order valence-electron chi connectivity index (χ3n) is 2.83. The molecule has 0 aliphatic carbocycles. The molecule has 2 N–H and O–H groups in total. The molecule has 110 valence electrons. The average molecular weight is 295 g/mol. The Morgan fingerprint density at radius 2 is 1.73 bits per heavy atom. The summed E-state index contributed by atoms with van der Waals surface area (Å²) in [7, 11) is 0. The first kappa shape index (κ1) is 13.7. The summed E-state index contributed by atoms with van der Waals surface area (Å²) in [6, 6.07) is 14.0. The Labute approximate surface area is 126 Å². The topological polar surface area (TPSA) is 92.9 Å². The van der Waals surface area contributed by atoms with Crippen molar-refractivity contribution in [3.8, 4) is 0 Å². The second kappa shape index (κ2) is 6.04. The number of amides is 1. The van der Waals surface area contributed by atoms with Crippen molar-refractivity contribution in [1.29, 1.82) is 0 Å². The van der Waals surface area contributed by atoms with Crippen molar-refractivity contribution >= 4 is 23.4 Å². The molecular formula is C15H13N5O2. The van der Waals surface area contributed by atoms with E-state index in [1.807, 2.05) is 6.07 Å². The zero-order valence-electron chi connectivity index (χ0n) is 11.8. The molecular weight excluding hydrogens is 282 g/mol. The lowest BCUT2D eigenvalue weighted by molar-refractivity contribution is 0.102. The molecule has 0 radical (unpaired) electrons. The van der Waals surface area contributed by atoms with Crippen LogP contribution >= 0.6 is 0 Å². The third kappa shape index (κ3) is 3.26. The number of anilines is 3. The Kier molecular flexibility index (Phi) is 3.78. The van der Waals surface area contributed by atoms with Crippen molar-refractivity contribution < 1.29 is 9.32 Å². The first-order valence-electron chi connectivity index (χ1n) is 6.61. The Morgan fingerprint density at radius 1 is 1.00 bits per heavy atom. The molecule has 0 atom stereocenters. The maximum absolute atomic E-state index is 12.0. The van der Waals surface area contributed by atoms with Crippen LogP contribution in [0.5, 0.6) is 0 Å². The summed E-state index contributed by atoms with van der Waals surface area (Å²) in [4.78, 5) is 12.0. The van der Waals surface area contributed by atoms with Crippen LogP contribution in [0.4, 0.5) is 17.5 Å². The van der Waals surface area contributed by atoms with Crippen LogP contribution in [0.25, 0.3) is 0 Å². The van der Waals surface area contributed by atoms with Gasteiger partial charge in [-0.15, -0.1) is 10.2 Å². The second-order valence-corrected chi connectivity index (χ2v) is 4.57. The van der Waals surface area contributed by atoms with Gasteiger partial charge in [-0.1, -0.05) is 23.4 Å². The summed E-state index contributed by atoms with van der Waals surface area (Å²) in [5.41, 5.74) is 0.560.